The number of nitrogens with zero attached hydrogens (tertiary/aromatic N) is 2. The zero-order valence-corrected chi connectivity index (χ0v) is 17.1. The zero-order valence-electron chi connectivity index (χ0n) is 17.1. The molecule has 2 heterocycles. The van der Waals surface area contributed by atoms with E-state index in [1.807, 2.05) is 30.3 Å². The first-order valence-electron chi connectivity index (χ1n) is 10.5. The van der Waals surface area contributed by atoms with E-state index in [0.29, 0.717) is 17.7 Å². The minimum atomic E-state index is -4.35. The van der Waals surface area contributed by atoms with E-state index in [2.05, 4.69) is 10.2 Å². The maximum atomic E-state index is 12.6. The molecule has 162 valence electrons. The van der Waals surface area contributed by atoms with Crippen LogP contribution in [0.2, 0.25) is 0 Å². The van der Waals surface area contributed by atoms with Gasteiger partial charge in [0.2, 0.25) is 5.91 Å². The van der Waals surface area contributed by atoms with Gasteiger partial charge in [-0.1, -0.05) is 12.1 Å². The number of fused-ring (bicyclic) bond motifs is 1. The summed E-state index contributed by atoms with van der Waals surface area (Å²) in [6, 6.07) is 14.6. The van der Waals surface area contributed by atoms with E-state index < -0.39 is 11.7 Å². The monoisotopic (exact) mass is 427 g/mol. The number of rotatable bonds is 5. The second-order valence-electron chi connectivity index (χ2n) is 7.87. The van der Waals surface area contributed by atoms with Gasteiger partial charge in [-0.05, 0) is 73.7 Å². The number of anilines is 2. The molecule has 1 saturated heterocycles. The number of alkyl halides is 3. The Balaban J connectivity index is 1.36. The van der Waals surface area contributed by atoms with E-state index in [1.165, 1.54) is 31.4 Å². The summed E-state index contributed by atoms with van der Waals surface area (Å²) in [4.78, 5) is 19.4. The fourth-order valence-electron chi connectivity index (χ4n) is 3.83. The van der Waals surface area contributed by atoms with Crippen LogP contribution in [-0.2, 0) is 17.4 Å². The number of aryl methyl sites for hydroxylation is 1. The van der Waals surface area contributed by atoms with Crippen LogP contribution in [-0.4, -0.2) is 24.0 Å². The van der Waals surface area contributed by atoms with Crippen molar-refractivity contribution in [3.63, 3.8) is 0 Å². The molecule has 0 aliphatic carbocycles. The molecule has 1 amide bonds. The molecule has 4 rings (SSSR count). The number of aromatic nitrogens is 1. The van der Waals surface area contributed by atoms with Crippen LogP contribution >= 0.6 is 0 Å². The average molecular weight is 427 g/mol. The van der Waals surface area contributed by atoms with Crippen LogP contribution < -0.4 is 10.2 Å². The van der Waals surface area contributed by atoms with Gasteiger partial charge in [0.05, 0.1) is 11.1 Å². The fourth-order valence-corrected chi connectivity index (χ4v) is 3.83. The number of hydrogen-bond donors (Lipinski definition) is 1. The van der Waals surface area contributed by atoms with Gasteiger partial charge in [0.15, 0.2) is 0 Å². The van der Waals surface area contributed by atoms with E-state index in [1.54, 1.807) is 0 Å². The highest BCUT2D eigenvalue weighted by Gasteiger charge is 2.29. The Hall–Kier alpha value is -3.09. The lowest BCUT2D eigenvalue weighted by molar-refractivity contribution is -0.137. The lowest BCUT2D eigenvalue weighted by Gasteiger charge is -2.27. The van der Waals surface area contributed by atoms with Crippen LogP contribution in [0.15, 0.2) is 54.6 Å². The number of nitrogens with one attached hydrogen (secondary N) is 1. The van der Waals surface area contributed by atoms with Crippen molar-refractivity contribution in [1.29, 1.82) is 0 Å². The highest BCUT2D eigenvalue weighted by atomic mass is 19.4. The van der Waals surface area contributed by atoms with E-state index in [4.69, 9.17) is 4.98 Å². The van der Waals surface area contributed by atoms with Gasteiger partial charge in [0.1, 0.15) is 5.82 Å². The van der Waals surface area contributed by atoms with Crippen LogP contribution in [0.25, 0.3) is 10.9 Å². The van der Waals surface area contributed by atoms with Gasteiger partial charge in [-0.25, -0.2) is 4.98 Å². The molecule has 0 bridgehead atoms. The quantitative estimate of drug-likeness (QED) is 0.558. The minimum absolute atomic E-state index is 0.183. The second-order valence-corrected chi connectivity index (χ2v) is 7.87. The summed E-state index contributed by atoms with van der Waals surface area (Å²) >= 11 is 0. The summed E-state index contributed by atoms with van der Waals surface area (Å²) < 4.78 is 37.9. The average Bonchev–Trinajstić information content (AvgIpc) is 2.77. The normalized spacial score (nSPS) is 14.6. The lowest BCUT2D eigenvalue weighted by Crippen LogP contribution is -2.30. The van der Waals surface area contributed by atoms with E-state index in [9.17, 15) is 18.0 Å². The number of piperidine rings is 1. The van der Waals surface area contributed by atoms with Crippen molar-refractivity contribution in [2.75, 3.05) is 23.3 Å². The van der Waals surface area contributed by atoms with Crippen molar-refractivity contribution in [2.45, 2.75) is 38.3 Å². The maximum absolute atomic E-state index is 12.6. The molecule has 0 radical (unpaired) electrons. The minimum Gasteiger partial charge on any atom is -0.357 e. The Morgan fingerprint density at radius 3 is 2.42 bits per heavy atom. The largest absolute Gasteiger partial charge is 0.416 e. The molecule has 1 aliphatic heterocycles. The third-order valence-electron chi connectivity index (χ3n) is 5.56. The molecule has 31 heavy (non-hydrogen) atoms. The summed E-state index contributed by atoms with van der Waals surface area (Å²) in [5.41, 5.74) is 1.56. The van der Waals surface area contributed by atoms with E-state index in [0.717, 1.165) is 41.9 Å². The smallest absolute Gasteiger partial charge is 0.357 e. The molecule has 0 saturated carbocycles. The SMILES string of the molecule is O=C(CCc1ccc(C(F)(F)F)cc1)Nc1ccc2nc(N3CCCCC3)ccc2c1. The Morgan fingerprint density at radius 1 is 0.968 bits per heavy atom. The van der Waals surface area contributed by atoms with Crippen LogP contribution in [0, 0.1) is 0 Å². The molecular formula is C24H24F3N3O. The first-order chi connectivity index (χ1) is 14.9. The molecule has 3 aromatic rings. The Bertz CT molecular complexity index is 1060. The highest BCUT2D eigenvalue weighted by molar-refractivity contribution is 5.94. The van der Waals surface area contributed by atoms with Gasteiger partial charge < -0.3 is 10.2 Å². The Kier molecular flexibility index (Phi) is 6.11. The van der Waals surface area contributed by atoms with Crippen LogP contribution in [0.5, 0.6) is 0 Å². The molecule has 0 unspecified atom stereocenters. The van der Waals surface area contributed by atoms with Gasteiger partial charge in [0, 0.05) is 30.6 Å². The number of hydrogen-bond acceptors (Lipinski definition) is 3. The molecule has 1 fully saturated rings. The van der Waals surface area contributed by atoms with Crippen molar-refractivity contribution in [3.05, 3.63) is 65.7 Å². The van der Waals surface area contributed by atoms with Crippen LogP contribution in [0.3, 0.4) is 0 Å². The van der Waals surface area contributed by atoms with Crippen LogP contribution in [0.1, 0.15) is 36.8 Å². The van der Waals surface area contributed by atoms with E-state index in [-0.39, 0.29) is 12.3 Å². The number of pyridine rings is 1. The summed E-state index contributed by atoms with van der Waals surface area (Å²) in [6.45, 7) is 2.07. The number of benzene rings is 2. The molecule has 4 nitrogen and oxygen atoms in total. The number of carbonyl (C=O) groups is 1. The van der Waals surface area contributed by atoms with Gasteiger partial charge in [-0.15, -0.1) is 0 Å². The summed E-state index contributed by atoms with van der Waals surface area (Å²) in [7, 11) is 0. The Labute approximate surface area is 179 Å². The fraction of sp³-hybridized carbons (Fsp3) is 0.333. The molecule has 1 N–H and O–H groups in total. The van der Waals surface area contributed by atoms with Gasteiger partial charge in [-0.3, -0.25) is 4.79 Å². The number of carbonyl (C=O) groups excluding carboxylic acids is 1. The highest BCUT2D eigenvalue weighted by Crippen LogP contribution is 2.29. The summed E-state index contributed by atoms with van der Waals surface area (Å²) in [5, 5.41) is 3.81. The third-order valence-corrected chi connectivity index (χ3v) is 5.56. The molecular weight excluding hydrogens is 403 g/mol. The summed E-state index contributed by atoms with van der Waals surface area (Å²) in [5.74, 6) is 0.803. The first-order valence-corrected chi connectivity index (χ1v) is 10.5. The Morgan fingerprint density at radius 2 is 1.71 bits per heavy atom. The second kappa shape index (κ2) is 8.96. The lowest BCUT2D eigenvalue weighted by atomic mass is 10.1. The number of halogens is 3. The van der Waals surface area contributed by atoms with Gasteiger partial charge >= 0.3 is 6.18 Å². The number of amides is 1. The topological polar surface area (TPSA) is 45.2 Å². The standard InChI is InChI=1S/C24H24F3N3O/c25-24(26,27)19-8-4-17(5-9-19)6-13-23(31)28-20-10-11-21-18(16-20)7-12-22(29-21)30-14-2-1-3-15-30/h4-5,7-12,16H,1-3,6,13-15H2,(H,28,31). The van der Waals surface area contributed by atoms with Crippen molar-refractivity contribution in [2.24, 2.45) is 0 Å². The zero-order chi connectivity index (χ0) is 21.8. The summed E-state index contributed by atoms with van der Waals surface area (Å²) in [6.07, 6.45) is -0.135. The van der Waals surface area contributed by atoms with Crippen molar-refractivity contribution in [3.8, 4) is 0 Å². The van der Waals surface area contributed by atoms with Gasteiger partial charge in [0.25, 0.3) is 0 Å². The predicted molar refractivity (Wildman–Crippen MR) is 116 cm³/mol. The van der Waals surface area contributed by atoms with Crippen molar-refractivity contribution in [1.82, 2.24) is 4.98 Å². The molecule has 0 atom stereocenters. The van der Waals surface area contributed by atoms with Gasteiger partial charge in [-0.2, -0.15) is 13.2 Å². The molecule has 7 heteroatoms. The van der Waals surface area contributed by atoms with Crippen molar-refractivity contribution >= 4 is 28.3 Å². The third kappa shape index (κ3) is 5.34. The molecule has 0 spiro atoms. The predicted octanol–water partition coefficient (Wildman–Crippen LogP) is 5.82. The molecule has 1 aromatic heterocycles. The first kappa shape index (κ1) is 21.2. The maximum Gasteiger partial charge on any atom is 0.416 e. The van der Waals surface area contributed by atoms with Crippen molar-refractivity contribution < 1.29 is 18.0 Å². The van der Waals surface area contributed by atoms with Crippen LogP contribution in [0.4, 0.5) is 24.7 Å². The molecule has 1 aliphatic rings. The molecule has 2 aromatic carbocycles. The van der Waals surface area contributed by atoms with E-state index >= 15 is 0 Å².